The highest BCUT2D eigenvalue weighted by Crippen LogP contribution is 2.40. The monoisotopic (exact) mass is 347 g/mol. The number of benzene rings is 2. The van der Waals surface area contributed by atoms with Gasteiger partial charge in [0.15, 0.2) is 0 Å². The van der Waals surface area contributed by atoms with Gasteiger partial charge in [-0.1, -0.05) is 58.0 Å². The summed E-state index contributed by atoms with van der Waals surface area (Å²) < 4.78 is 2.79. The van der Waals surface area contributed by atoms with E-state index >= 15 is 0 Å². The largest absolute Gasteiger partial charge is 0.381 e. The Morgan fingerprint density at radius 3 is 2.56 bits per heavy atom. The first kappa shape index (κ1) is 16.4. The van der Waals surface area contributed by atoms with E-state index in [2.05, 4.69) is 87.8 Å². The van der Waals surface area contributed by atoms with Gasteiger partial charge in [0, 0.05) is 20.2 Å². The molecule has 0 aliphatic carbocycles. The summed E-state index contributed by atoms with van der Waals surface area (Å²) in [6, 6.07) is 14.0. The number of rotatable bonds is 3. The molecule has 3 aromatic rings. The molecule has 0 amide bonds. The molecule has 1 N–H and O–H groups in total. The SMILES string of the molecule is CC(C)C1=CC(c2cccc3c2sc2ccc(C(C)C)cc23)NC=C1. The van der Waals surface area contributed by atoms with Crippen LogP contribution in [0.25, 0.3) is 20.2 Å². The Morgan fingerprint density at radius 2 is 1.80 bits per heavy atom. The van der Waals surface area contributed by atoms with Crippen molar-refractivity contribution in [3.8, 4) is 0 Å². The third kappa shape index (κ3) is 2.89. The molecule has 1 aliphatic rings. The summed E-state index contributed by atoms with van der Waals surface area (Å²) in [6.45, 7) is 9.04. The summed E-state index contributed by atoms with van der Waals surface area (Å²) in [5.74, 6) is 1.11. The molecule has 128 valence electrons. The second-order valence-electron chi connectivity index (χ2n) is 7.54. The highest BCUT2D eigenvalue weighted by molar-refractivity contribution is 7.26. The number of dihydropyridines is 1. The van der Waals surface area contributed by atoms with Crippen molar-refractivity contribution in [2.75, 3.05) is 0 Å². The van der Waals surface area contributed by atoms with Crippen molar-refractivity contribution in [2.45, 2.75) is 39.7 Å². The second kappa shape index (κ2) is 6.34. The molecule has 0 saturated carbocycles. The number of nitrogens with one attached hydrogen (secondary N) is 1. The molecule has 1 aromatic heterocycles. The third-order valence-corrected chi connectivity index (χ3v) is 6.37. The van der Waals surface area contributed by atoms with Gasteiger partial charge >= 0.3 is 0 Å². The van der Waals surface area contributed by atoms with Crippen LogP contribution in [0, 0.1) is 5.92 Å². The van der Waals surface area contributed by atoms with Crippen molar-refractivity contribution < 1.29 is 0 Å². The minimum Gasteiger partial charge on any atom is -0.381 e. The summed E-state index contributed by atoms with van der Waals surface area (Å²) in [5.41, 5.74) is 4.20. The van der Waals surface area contributed by atoms with Crippen molar-refractivity contribution in [3.63, 3.8) is 0 Å². The maximum Gasteiger partial charge on any atom is 0.0712 e. The molecule has 0 radical (unpaired) electrons. The van der Waals surface area contributed by atoms with E-state index in [0.29, 0.717) is 11.8 Å². The minimum absolute atomic E-state index is 0.253. The van der Waals surface area contributed by atoms with Gasteiger partial charge < -0.3 is 5.32 Å². The van der Waals surface area contributed by atoms with Gasteiger partial charge in [0.05, 0.1) is 6.04 Å². The van der Waals surface area contributed by atoms with Gasteiger partial charge in [0.2, 0.25) is 0 Å². The van der Waals surface area contributed by atoms with E-state index in [0.717, 1.165) is 0 Å². The quantitative estimate of drug-likeness (QED) is 0.542. The highest BCUT2D eigenvalue weighted by Gasteiger charge is 2.18. The summed E-state index contributed by atoms with van der Waals surface area (Å²) in [7, 11) is 0. The molecular weight excluding hydrogens is 322 g/mol. The Balaban J connectivity index is 1.88. The van der Waals surface area contributed by atoms with Crippen LogP contribution in [0.15, 0.2) is 60.3 Å². The normalized spacial score (nSPS) is 17.5. The summed E-state index contributed by atoms with van der Waals surface area (Å²) in [6.07, 6.45) is 6.67. The summed E-state index contributed by atoms with van der Waals surface area (Å²) >= 11 is 1.92. The second-order valence-corrected chi connectivity index (χ2v) is 8.59. The Morgan fingerprint density at radius 1 is 0.960 bits per heavy atom. The van der Waals surface area contributed by atoms with Gasteiger partial charge in [-0.25, -0.2) is 0 Å². The van der Waals surface area contributed by atoms with Crippen molar-refractivity contribution in [3.05, 3.63) is 71.5 Å². The van der Waals surface area contributed by atoms with Crippen molar-refractivity contribution >= 4 is 31.5 Å². The molecule has 0 saturated heterocycles. The molecule has 1 atom stereocenters. The Labute approximate surface area is 154 Å². The fraction of sp³-hybridized carbons (Fsp3) is 0.304. The lowest BCUT2D eigenvalue weighted by molar-refractivity contribution is 0.702. The number of allylic oxidation sites excluding steroid dienone is 2. The highest BCUT2D eigenvalue weighted by atomic mass is 32.1. The van der Waals surface area contributed by atoms with Gasteiger partial charge in [-0.05, 0) is 52.9 Å². The molecular formula is C23H25NS. The number of fused-ring (bicyclic) bond motifs is 3. The minimum atomic E-state index is 0.253. The fourth-order valence-electron chi connectivity index (χ4n) is 3.55. The van der Waals surface area contributed by atoms with E-state index in [9.17, 15) is 0 Å². The van der Waals surface area contributed by atoms with Gasteiger partial charge in [-0.3, -0.25) is 0 Å². The molecule has 1 aliphatic heterocycles. The zero-order valence-corrected chi connectivity index (χ0v) is 16.2. The third-order valence-electron chi connectivity index (χ3n) is 5.13. The molecule has 25 heavy (non-hydrogen) atoms. The molecule has 2 aromatic carbocycles. The van der Waals surface area contributed by atoms with Crippen LogP contribution in [-0.2, 0) is 0 Å². The Kier molecular flexibility index (Phi) is 4.16. The van der Waals surface area contributed by atoms with Gasteiger partial charge in [0.1, 0.15) is 0 Å². The maximum atomic E-state index is 3.54. The number of hydrogen-bond acceptors (Lipinski definition) is 2. The van der Waals surface area contributed by atoms with Crippen LogP contribution in [0.4, 0.5) is 0 Å². The van der Waals surface area contributed by atoms with Crippen molar-refractivity contribution in [1.29, 1.82) is 0 Å². The van der Waals surface area contributed by atoms with Crippen LogP contribution in [-0.4, -0.2) is 0 Å². The number of hydrogen-bond donors (Lipinski definition) is 1. The van der Waals surface area contributed by atoms with E-state index in [1.807, 2.05) is 11.3 Å². The molecule has 2 heteroatoms. The first-order chi connectivity index (χ1) is 12.0. The first-order valence-corrected chi connectivity index (χ1v) is 9.95. The molecule has 4 rings (SSSR count). The number of thiophene rings is 1. The van der Waals surface area contributed by atoms with Crippen LogP contribution in [0.1, 0.15) is 50.8 Å². The zero-order valence-electron chi connectivity index (χ0n) is 15.3. The molecule has 0 bridgehead atoms. The molecule has 0 fully saturated rings. The van der Waals surface area contributed by atoms with Crippen LogP contribution >= 0.6 is 11.3 Å². The standard InChI is InChI=1S/C23H25NS/c1-14(2)16-8-9-22-20(12-16)18-6-5-7-19(23(18)25-22)21-13-17(15(3)4)10-11-24-21/h5-15,21,24H,1-4H3. The Bertz CT molecular complexity index is 988. The summed E-state index contributed by atoms with van der Waals surface area (Å²) in [5, 5.41) is 6.32. The molecule has 1 unspecified atom stereocenters. The topological polar surface area (TPSA) is 12.0 Å². The van der Waals surface area contributed by atoms with E-state index in [1.165, 1.54) is 36.9 Å². The predicted molar refractivity (Wildman–Crippen MR) is 111 cm³/mol. The summed E-state index contributed by atoms with van der Waals surface area (Å²) in [4.78, 5) is 0. The first-order valence-electron chi connectivity index (χ1n) is 9.14. The predicted octanol–water partition coefficient (Wildman–Crippen LogP) is 6.92. The van der Waals surface area contributed by atoms with E-state index in [1.54, 1.807) is 0 Å². The van der Waals surface area contributed by atoms with E-state index < -0.39 is 0 Å². The Hall–Kier alpha value is -2.06. The average molecular weight is 348 g/mol. The molecule has 0 spiro atoms. The molecule has 1 nitrogen and oxygen atoms in total. The fourth-order valence-corrected chi connectivity index (χ4v) is 4.79. The average Bonchev–Trinajstić information content (AvgIpc) is 2.99. The van der Waals surface area contributed by atoms with Crippen LogP contribution in [0.2, 0.25) is 0 Å². The van der Waals surface area contributed by atoms with Crippen LogP contribution in [0.5, 0.6) is 0 Å². The maximum absolute atomic E-state index is 3.54. The van der Waals surface area contributed by atoms with E-state index in [4.69, 9.17) is 0 Å². The van der Waals surface area contributed by atoms with Gasteiger partial charge in [0.25, 0.3) is 0 Å². The van der Waals surface area contributed by atoms with Gasteiger partial charge in [-0.2, -0.15) is 0 Å². The lowest BCUT2D eigenvalue weighted by Crippen LogP contribution is -2.17. The molecule has 2 heterocycles. The smallest absolute Gasteiger partial charge is 0.0712 e. The lowest BCUT2D eigenvalue weighted by Gasteiger charge is -2.21. The van der Waals surface area contributed by atoms with Crippen LogP contribution in [0.3, 0.4) is 0 Å². The zero-order chi connectivity index (χ0) is 17.6. The van der Waals surface area contributed by atoms with Crippen molar-refractivity contribution in [2.24, 2.45) is 5.92 Å². The lowest BCUT2D eigenvalue weighted by atomic mass is 9.94. The van der Waals surface area contributed by atoms with Crippen LogP contribution < -0.4 is 5.32 Å². The van der Waals surface area contributed by atoms with Gasteiger partial charge in [-0.15, -0.1) is 11.3 Å². The van der Waals surface area contributed by atoms with Crippen molar-refractivity contribution in [1.82, 2.24) is 5.32 Å². The van der Waals surface area contributed by atoms with E-state index in [-0.39, 0.29) is 6.04 Å².